The Morgan fingerprint density at radius 2 is 1.94 bits per heavy atom. The predicted octanol–water partition coefficient (Wildman–Crippen LogP) is 0.892. The molecule has 0 saturated heterocycles. The number of rotatable bonds is 3. The van der Waals surface area contributed by atoms with Crippen molar-refractivity contribution in [2.24, 2.45) is 17.4 Å². The number of nitrogens with one attached hydrogen (secondary N) is 1. The standard InChI is InChI=1S/C13H25N3O/c14-9-13(6-1-2-7-13)16-12(17)10-4-3-5-11(15)8-10/h10-11H,1-9,14-15H2,(H,16,17). The summed E-state index contributed by atoms with van der Waals surface area (Å²) in [7, 11) is 0. The number of hydrogen-bond donors (Lipinski definition) is 3. The molecule has 0 aromatic carbocycles. The minimum Gasteiger partial charge on any atom is -0.349 e. The van der Waals surface area contributed by atoms with Crippen molar-refractivity contribution >= 4 is 5.91 Å². The minimum atomic E-state index is -0.112. The summed E-state index contributed by atoms with van der Waals surface area (Å²) in [6.45, 7) is 0.567. The molecule has 1 amide bonds. The van der Waals surface area contributed by atoms with Crippen molar-refractivity contribution in [2.45, 2.75) is 62.9 Å². The molecule has 0 bridgehead atoms. The molecular weight excluding hydrogens is 214 g/mol. The van der Waals surface area contributed by atoms with Gasteiger partial charge in [0.1, 0.15) is 0 Å². The Kier molecular flexibility index (Phi) is 4.05. The summed E-state index contributed by atoms with van der Waals surface area (Å²) >= 11 is 0. The molecule has 0 aromatic rings. The summed E-state index contributed by atoms with van der Waals surface area (Å²) in [6.07, 6.45) is 8.40. The molecule has 2 saturated carbocycles. The average Bonchev–Trinajstić information content (AvgIpc) is 2.78. The number of carbonyl (C=O) groups is 1. The van der Waals surface area contributed by atoms with Gasteiger partial charge < -0.3 is 16.8 Å². The molecule has 0 aliphatic heterocycles. The minimum absolute atomic E-state index is 0.112. The van der Waals surface area contributed by atoms with Crippen molar-refractivity contribution in [3.05, 3.63) is 0 Å². The number of carbonyl (C=O) groups excluding carboxylic acids is 1. The normalized spacial score (nSPS) is 32.4. The lowest BCUT2D eigenvalue weighted by atomic mass is 9.84. The third kappa shape index (κ3) is 2.99. The zero-order chi connectivity index (χ0) is 12.3. The van der Waals surface area contributed by atoms with Gasteiger partial charge in [0, 0.05) is 18.5 Å². The third-order valence-electron chi connectivity index (χ3n) is 4.43. The van der Waals surface area contributed by atoms with E-state index in [0.29, 0.717) is 6.54 Å². The van der Waals surface area contributed by atoms with E-state index in [1.807, 2.05) is 0 Å². The van der Waals surface area contributed by atoms with E-state index in [4.69, 9.17) is 11.5 Å². The molecule has 0 radical (unpaired) electrons. The smallest absolute Gasteiger partial charge is 0.223 e. The third-order valence-corrected chi connectivity index (χ3v) is 4.43. The quantitative estimate of drug-likeness (QED) is 0.684. The first-order chi connectivity index (χ1) is 8.15. The van der Waals surface area contributed by atoms with Crippen LogP contribution in [0.3, 0.4) is 0 Å². The fourth-order valence-corrected chi connectivity index (χ4v) is 3.26. The SMILES string of the molecule is NCC1(NC(=O)C2CCCC(N)C2)CCCC1. The van der Waals surface area contributed by atoms with Gasteiger partial charge in [0.2, 0.25) is 5.91 Å². The molecular formula is C13H25N3O. The Morgan fingerprint density at radius 3 is 2.53 bits per heavy atom. The highest BCUT2D eigenvalue weighted by atomic mass is 16.2. The highest BCUT2D eigenvalue weighted by molar-refractivity contribution is 5.79. The fourth-order valence-electron chi connectivity index (χ4n) is 3.26. The van der Waals surface area contributed by atoms with E-state index < -0.39 is 0 Å². The first-order valence-electron chi connectivity index (χ1n) is 6.93. The van der Waals surface area contributed by atoms with E-state index in [9.17, 15) is 4.79 Å². The van der Waals surface area contributed by atoms with Crippen LogP contribution in [0.4, 0.5) is 0 Å². The molecule has 0 aromatic heterocycles. The first kappa shape index (κ1) is 12.8. The second-order valence-electron chi connectivity index (χ2n) is 5.80. The molecule has 4 nitrogen and oxygen atoms in total. The molecule has 4 heteroatoms. The number of nitrogens with two attached hydrogens (primary N) is 2. The van der Waals surface area contributed by atoms with Gasteiger partial charge in [-0.1, -0.05) is 19.3 Å². The van der Waals surface area contributed by atoms with Gasteiger partial charge in [-0.15, -0.1) is 0 Å². The Morgan fingerprint density at radius 1 is 1.24 bits per heavy atom. The van der Waals surface area contributed by atoms with Crippen molar-refractivity contribution < 1.29 is 4.79 Å². The van der Waals surface area contributed by atoms with Crippen LogP contribution in [0.5, 0.6) is 0 Å². The Hall–Kier alpha value is -0.610. The predicted molar refractivity (Wildman–Crippen MR) is 68.3 cm³/mol. The second kappa shape index (κ2) is 5.36. The second-order valence-corrected chi connectivity index (χ2v) is 5.80. The summed E-state index contributed by atoms with van der Waals surface area (Å²) in [5.74, 6) is 0.301. The number of hydrogen-bond acceptors (Lipinski definition) is 3. The van der Waals surface area contributed by atoms with Crippen molar-refractivity contribution in [1.29, 1.82) is 0 Å². The lowest BCUT2D eigenvalue weighted by Crippen LogP contribution is -2.54. The van der Waals surface area contributed by atoms with E-state index in [1.165, 1.54) is 12.8 Å². The summed E-state index contributed by atoms with van der Waals surface area (Å²) in [4.78, 5) is 12.2. The van der Waals surface area contributed by atoms with Gasteiger partial charge in [-0.25, -0.2) is 0 Å². The van der Waals surface area contributed by atoms with Gasteiger partial charge in [0.15, 0.2) is 0 Å². The molecule has 0 spiro atoms. The van der Waals surface area contributed by atoms with Crippen LogP contribution in [-0.2, 0) is 4.79 Å². The monoisotopic (exact) mass is 239 g/mol. The molecule has 0 heterocycles. The molecule has 17 heavy (non-hydrogen) atoms. The van der Waals surface area contributed by atoms with Crippen molar-refractivity contribution in [1.82, 2.24) is 5.32 Å². The van der Waals surface area contributed by atoms with Crippen LogP contribution in [0, 0.1) is 5.92 Å². The molecule has 98 valence electrons. The van der Waals surface area contributed by atoms with E-state index in [2.05, 4.69) is 5.32 Å². The Balaban J connectivity index is 1.91. The van der Waals surface area contributed by atoms with Crippen molar-refractivity contribution in [2.75, 3.05) is 6.54 Å². The summed E-state index contributed by atoms with van der Waals surface area (Å²) in [6, 6.07) is 0.205. The largest absolute Gasteiger partial charge is 0.349 e. The fraction of sp³-hybridized carbons (Fsp3) is 0.923. The zero-order valence-electron chi connectivity index (χ0n) is 10.6. The topological polar surface area (TPSA) is 81.1 Å². The highest BCUT2D eigenvalue weighted by Crippen LogP contribution is 2.30. The maximum absolute atomic E-state index is 12.2. The van der Waals surface area contributed by atoms with Crippen LogP contribution in [0.2, 0.25) is 0 Å². The molecule has 2 aliphatic rings. The van der Waals surface area contributed by atoms with Crippen molar-refractivity contribution in [3.8, 4) is 0 Å². The Bertz CT molecular complexity index is 274. The molecule has 2 fully saturated rings. The van der Waals surface area contributed by atoms with Crippen LogP contribution in [0.25, 0.3) is 0 Å². The summed E-state index contributed by atoms with van der Waals surface area (Å²) in [5, 5.41) is 3.21. The maximum Gasteiger partial charge on any atom is 0.223 e. The maximum atomic E-state index is 12.2. The number of amides is 1. The molecule has 2 rings (SSSR count). The first-order valence-corrected chi connectivity index (χ1v) is 6.93. The molecule has 5 N–H and O–H groups in total. The lowest BCUT2D eigenvalue weighted by Gasteiger charge is -2.33. The van der Waals surface area contributed by atoms with Crippen molar-refractivity contribution in [3.63, 3.8) is 0 Å². The van der Waals surface area contributed by atoms with Gasteiger partial charge in [-0.3, -0.25) is 4.79 Å². The molecule has 2 atom stereocenters. The molecule has 2 unspecified atom stereocenters. The van der Waals surface area contributed by atoms with Gasteiger partial charge in [0.05, 0.1) is 5.54 Å². The van der Waals surface area contributed by atoms with Crippen LogP contribution in [0.1, 0.15) is 51.4 Å². The lowest BCUT2D eigenvalue weighted by molar-refractivity contribution is -0.128. The van der Waals surface area contributed by atoms with E-state index in [0.717, 1.165) is 38.5 Å². The zero-order valence-corrected chi connectivity index (χ0v) is 10.6. The molecule has 2 aliphatic carbocycles. The van der Waals surface area contributed by atoms with Crippen LogP contribution < -0.4 is 16.8 Å². The summed E-state index contributed by atoms with van der Waals surface area (Å²) < 4.78 is 0. The van der Waals surface area contributed by atoms with E-state index >= 15 is 0 Å². The van der Waals surface area contributed by atoms with E-state index in [-0.39, 0.29) is 23.4 Å². The van der Waals surface area contributed by atoms with Crippen LogP contribution >= 0.6 is 0 Å². The van der Waals surface area contributed by atoms with Gasteiger partial charge in [-0.2, -0.15) is 0 Å². The average molecular weight is 239 g/mol. The van der Waals surface area contributed by atoms with Gasteiger partial charge >= 0.3 is 0 Å². The van der Waals surface area contributed by atoms with E-state index in [1.54, 1.807) is 0 Å². The van der Waals surface area contributed by atoms with Gasteiger partial charge in [0.25, 0.3) is 0 Å². The summed E-state index contributed by atoms with van der Waals surface area (Å²) in [5.41, 5.74) is 11.7. The van der Waals surface area contributed by atoms with Crippen LogP contribution in [-0.4, -0.2) is 24.0 Å². The highest BCUT2D eigenvalue weighted by Gasteiger charge is 2.36. The van der Waals surface area contributed by atoms with Crippen LogP contribution in [0.15, 0.2) is 0 Å². The van der Waals surface area contributed by atoms with Gasteiger partial charge in [-0.05, 0) is 32.1 Å². The Labute approximate surface area is 103 Å².